The second-order valence-electron chi connectivity index (χ2n) is 6.63. The Bertz CT molecular complexity index is 583. The van der Waals surface area contributed by atoms with Crippen LogP contribution in [-0.2, 0) is 10.2 Å². The van der Waals surface area contributed by atoms with E-state index >= 15 is 0 Å². The molecule has 0 amide bonds. The molecule has 128 valence electrons. The number of pyridine rings is 1. The van der Waals surface area contributed by atoms with Crippen molar-refractivity contribution >= 4 is 10.2 Å². The first-order chi connectivity index (χ1) is 11.2. The molecule has 3 heterocycles. The van der Waals surface area contributed by atoms with E-state index in [0.29, 0.717) is 32.1 Å². The molecule has 0 radical (unpaired) electrons. The van der Waals surface area contributed by atoms with Crippen LogP contribution in [-0.4, -0.2) is 48.2 Å². The summed E-state index contributed by atoms with van der Waals surface area (Å²) in [7, 11) is -3.28. The summed E-state index contributed by atoms with van der Waals surface area (Å²) in [5.41, 5.74) is 1.29. The number of hydrogen-bond acceptors (Lipinski definition) is 3. The molecule has 0 spiro atoms. The highest BCUT2D eigenvalue weighted by atomic mass is 32.2. The second kappa shape index (κ2) is 7.73. The van der Waals surface area contributed by atoms with E-state index in [2.05, 4.69) is 17.1 Å². The maximum Gasteiger partial charge on any atom is 0.281 e. The maximum atomic E-state index is 12.9. The van der Waals surface area contributed by atoms with Crippen LogP contribution in [0.3, 0.4) is 0 Å². The van der Waals surface area contributed by atoms with Crippen LogP contribution in [0.1, 0.15) is 56.4 Å². The molecular weight excluding hydrogens is 310 g/mol. The zero-order valence-corrected chi connectivity index (χ0v) is 14.5. The highest BCUT2D eigenvalue weighted by Gasteiger charge is 2.31. The Hall–Kier alpha value is -0.980. The quantitative estimate of drug-likeness (QED) is 0.852. The van der Waals surface area contributed by atoms with Crippen molar-refractivity contribution in [2.75, 3.05) is 26.2 Å². The summed E-state index contributed by atoms with van der Waals surface area (Å²) in [5, 5.41) is 0. The van der Waals surface area contributed by atoms with E-state index in [1.165, 1.54) is 5.56 Å². The van der Waals surface area contributed by atoms with E-state index in [9.17, 15) is 8.42 Å². The molecule has 2 fully saturated rings. The molecule has 5 nitrogen and oxygen atoms in total. The van der Waals surface area contributed by atoms with E-state index in [4.69, 9.17) is 0 Å². The second-order valence-corrected chi connectivity index (χ2v) is 8.56. The Kier molecular flexibility index (Phi) is 5.67. The van der Waals surface area contributed by atoms with Gasteiger partial charge in [0.2, 0.25) is 0 Å². The van der Waals surface area contributed by atoms with Gasteiger partial charge in [-0.15, -0.1) is 0 Å². The van der Waals surface area contributed by atoms with Crippen molar-refractivity contribution in [3.05, 3.63) is 30.1 Å². The largest absolute Gasteiger partial charge is 0.281 e. The summed E-state index contributed by atoms with van der Waals surface area (Å²) in [6.07, 6.45) is 10.8. The molecule has 0 bridgehead atoms. The first-order valence-electron chi connectivity index (χ1n) is 8.83. The Labute approximate surface area is 139 Å². The van der Waals surface area contributed by atoms with Gasteiger partial charge in [-0.2, -0.15) is 17.0 Å². The molecule has 2 aliphatic heterocycles. The van der Waals surface area contributed by atoms with Crippen molar-refractivity contribution in [3.8, 4) is 0 Å². The minimum absolute atomic E-state index is 0.447. The van der Waals surface area contributed by atoms with E-state index in [-0.39, 0.29) is 0 Å². The molecule has 0 N–H and O–H groups in total. The summed E-state index contributed by atoms with van der Waals surface area (Å²) >= 11 is 0. The summed E-state index contributed by atoms with van der Waals surface area (Å²) in [6.45, 7) is 2.66. The highest BCUT2D eigenvalue weighted by molar-refractivity contribution is 7.86. The number of hydrogen-bond donors (Lipinski definition) is 0. The Balaban J connectivity index is 1.67. The molecule has 2 saturated heterocycles. The first kappa shape index (κ1) is 16.9. The van der Waals surface area contributed by atoms with Crippen LogP contribution in [0, 0.1) is 0 Å². The summed E-state index contributed by atoms with van der Waals surface area (Å²) in [5.74, 6) is 0.447. The molecule has 0 aromatic carbocycles. The molecule has 23 heavy (non-hydrogen) atoms. The Morgan fingerprint density at radius 1 is 0.826 bits per heavy atom. The molecule has 3 rings (SSSR count). The molecule has 1 aromatic heterocycles. The van der Waals surface area contributed by atoms with Crippen LogP contribution in [0.25, 0.3) is 0 Å². The molecule has 0 saturated carbocycles. The summed E-state index contributed by atoms with van der Waals surface area (Å²) < 4.78 is 29.3. The van der Waals surface area contributed by atoms with Crippen LogP contribution in [0.15, 0.2) is 24.5 Å². The van der Waals surface area contributed by atoms with Gasteiger partial charge in [0.1, 0.15) is 0 Å². The van der Waals surface area contributed by atoms with Crippen LogP contribution in [0.2, 0.25) is 0 Å². The fraction of sp³-hybridized carbons (Fsp3) is 0.706. The molecule has 1 atom stereocenters. The first-order valence-corrected chi connectivity index (χ1v) is 10.2. The number of rotatable bonds is 3. The Morgan fingerprint density at radius 2 is 1.43 bits per heavy atom. The lowest BCUT2D eigenvalue weighted by molar-refractivity contribution is 0.344. The monoisotopic (exact) mass is 337 g/mol. The summed E-state index contributed by atoms with van der Waals surface area (Å²) in [6, 6.07) is 4.12. The molecular formula is C17H27N3O2S. The third kappa shape index (κ3) is 4.11. The van der Waals surface area contributed by atoms with Crippen LogP contribution < -0.4 is 0 Å². The van der Waals surface area contributed by atoms with Crippen LogP contribution in [0.4, 0.5) is 0 Å². The van der Waals surface area contributed by atoms with Crippen molar-refractivity contribution in [3.63, 3.8) is 0 Å². The van der Waals surface area contributed by atoms with Crippen molar-refractivity contribution in [1.29, 1.82) is 0 Å². The van der Waals surface area contributed by atoms with Gasteiger partial charge < -0.3 is 0 Å². The van der Waals surface area contributed by atoms with Gasteiger partial charge in [-0.3, -0.25) is 4.98 Å². The maximum absolute atomic E-state index is 12.9. The SMILES string of the molecule is O=S(=O)(N1CCCCCC1)N1CCCC(c2ccncc2)CC1. The predicted molar refractivity (Wildman–Crippen MR) is 91.4 cm³/mol. The van der Waals surface area contributed by atoms with Gasteiger partial charge in [-0.1, -0.05) is 12.8 Å². The van der Waals surface area contributed by atoms with Gasteiger partial charge in [0.15, 0.2) is 0 Å². The van der Waals surface area contributed by atoms with Crippen molar-refractivity contribution in [1.82, 2.24) is 13.6 Å². The van der Waals surface area contributed by atoms with Crippen molar-refractivity contribution in [2.45, 2.75) is 50.9 Å². The standard InChI is InChI=1S/C17H27N3O2S/c21-23(22,19-12-3-1-2-4-13-19)20-14-5-6-16(9-15-20)17-7-10-18-11-8-17/h7-8,10-11,16H,1-6,9,12-15H2. The van der Waals surface area contributed by atoms with Crippen molar-refractivity contribution < 1.29 is 8.42 Å². The third-order valence-electron chi connectivity index (χ3n) is 5.08. The van der Waals surface area contributed by atoms with Gasteiger partial charge >= 0.3 is 0 Å². The minimum Gasteiger partial charge on any atom is -0.265 e. The fourth-order valence-electron chi connectivity index (χ4n) is 3.71. The van der Waals surface area contributed by atoms with E-state index in [1.54, 1.807) is 8.61 Å². The number of nitrogens with zero attached hydrogens (tertiary/aromatic N) is 3. The lowest BCUT2D eigenvalue weighted by atomic mass is 9.93. The Morgan fingerprint density at radius 3 is 2.13 bits per heavy atom. The molecule has 2 aliphatic rings. The predicted octanol–water partition coefficient (Wildman–Crippen LogP) is 2.77. The van der Waals surface area contributed by atoms with Crippen LogP contribution in [0.5, 0.6) is 0 Å². The molecule has 1 aromatic rings. The topological polar surface area (TPSA) is 53.5 Å². The zero-order valence-electron chi connectivity index (χ0n) is 13.7. The average molecular weight is 337 g/mol. The summed E-state index contributed by atoms with van der Waals surface area (Å²) in [4.78, 5) is 4.07. The van der Waals surface area contributed by atoms with Gasteiger partial charge in [-0.25, -0.2) is 0 Å². The molecule has 1 unspecified atom stereocenters. The van der Waals surface area contributed by atoms with Gasteiger partial charge in [0.05, 0.1) is 0 Å². The number of aromatic nitrogens is 1. The smallest absolute Gasteiger partial charge is 0.265 e. The van der Waals surface area contributed by atoms with Gasteiger partial charge in [0.25, 0.3) is 10.2 Å². The molecule has 0 aliphatic carbocycles. The minimum atomic E-state index is -3.28. The fourth-order valence-corrected chi connectivity index (χ4v) is 5.45. The van der Waals surface area contributed by atoms with E-state index < -0.39 is 10.2 Å². The zero-order chi connectivity index (χ0) is 16.1. The third-order valence-corrected chi connectivity index (χ3v) is 7.12. The average Bonchev–Trinajstić information content (AvgIpc) is 2.99. The lowest BCUT2D eigenvalue weighted by Crippen LogP contribution is -2.44. The van der Waals surface area contributed by atoms with E-state index in [0.717, 1.165) is 44.9 Å². The van der Waals surface area contributed by atoms with Gasteiger partial charge in [-0.05, 0) is 55.7 Å². The normalized spacial score (nSPS) is 25.7. The highest BCUT2D eigenvalue weighted by Crippen LogP contribution is 2.29. The molecule has 6 heteroatoms. The lowest BCUT2D eigenvalue weighted by Gasteiger charge is -2.28. The van der Waals surface area contributed by atoms with E-state index in [1.807, 2.05) is 12.4 Å². The van der Waals surface area contributed by atoms with Crippen molar-refractivity contribution in [2.24, 2.45) is 0 Å². The van der Waals surface area contributed by atoms with Gasteiger partial charge in [0, 0.05) is 38.6 Å². The van der Waals surface area contributed by atoms with Crippen LogP contribution >= 0.6 is 0 Å².